The number of alkyl halides is 3. The van der Waals surface area contributed by atoms with Gasteiger partial charge < -0.3 is 9.47 Å². The molecule has 4 aromatic rings. The minimum absolute atomic E-state index is 0.268. The van der Waals surface area contributed by atoms with E-state index in [1.54, 1.807) is 19.9 Å². The van der Waals surface area contributed by atoms with Crippen molar-refractivity contribution < 1.29 is 27.4 Å². The van der Waals surface area contributed by atoms with Gasteiger partial charge in [0.2, 0.25) is 0 Å². The first-order chi connectivity index (χ1) is 15.5. The summed E-state index contributed by atoms with van der Waals surface area (Å²) in [5.41, 5.74) is 1.12. The second-order valence-corrected chi connectivity index (χ2v) is 9.96. The Morgan fingerprint density at radius 1 is 0.909 bits per heavy atom. The third-order valence-electron chi connectivity index (χ3n) is 5.30. The van der Waals surface area contributed by atoms with Crippen LogP contribution in [0.3, 0.4) is 0 Å². The van der Waals surface area contributed by atoms with Crippen molar-refractivity contribution >= 4 is 26.5 Å². The first kappa shape index (κ1) is 22.9. The molecule has 0 radical (unpaired) electrons. The first-order valence-corrected chi connectivity index (χ1v) is 11.5. The van der Waals surface area contributed by atoms with E-state index in [9.17, 15) is 18.0 Å². The zero-order valence-electron chi connectivity index (χ0n) is 18.3. The highest BCUT2D eigenvalue weighted by atomic mass is 32.2. The van der Waals surface area contributed by atoms with Crippen molar-refractivity contribution in [2.24, 2.45) is 0 Å². The quantitative estimate of drug-likeness (QED) is 0.219. The predicted molar refractivity (Wildman–Crippen MR) is 124 cm³/mol. The smallest absolute Gasteiger partial charge is 0.451 e. The zero-order chi connectivity index (χ0) is 23.8. The van der Waals surface area contributed by atoms with Gasteiger partial charge in [-0.1, -0.05) is 30.3 Å². The summed E-state index contributed by atoms with van der Waals surface area (Å²) in [6, 6.07) is 20.9. The van der Waals surface area contributed by atoms with Gasteiger partial charge in [-0.15, -0.1) is 13.2 Å². The lowest BCUT2D eigenvalue weighted by Crippen LogP contribution is -2.25. The fraction of sp³-hybridized carbons (Fsp3) is 0.192. The fourth-order valence-corrected chi connectivity index (χ4v) is 5.82. The van der Waals surface area contributed by atoms with Crippen LogP contribution in [0.1, 0.15) is 35.3 Å². The van der Waals surface area contributed by atoms with Crippen LogP contribution in [0.4, 0.5) is 13.2 Å². The number of carbonyl (C=O) groups excluding carboxylic acids is 1. The van der Waals surface area contributed by atoms with Crippen molar-refractivity contribution in [1.29, 1.82) is 0 Å². The van der Waals surface area contributed by atoms with Gasteiger partial charge in [0.1, 0.15) is 16.7 Å². The highest BCUT2D eigenvalue weighted by molar-refractivity contribution is 7.43. The highest BCUT2D eigenvalue weighted by Gasteiger charge is 2.32. The minimum Gasteiger partial charge on any atom is -0.451 e. The van der Waals surface area contributed by atoms with Crippen molar-refractivity contribution in [1.82, 2.24) is 0 Å². The molecule has 7 heteroatoms. The van der Waals surface area contributed by atoms with Crippen LogP contribution in [0, 0.1) is 6.92 Å². The van der Waals surface area contributed by atoms with Crippen LogP contribution in [-0.4, -0.2) is 12.3 Å². The molecule has 0 saturated carbocycles. The van der Waals surface area contributed by atoms with Crippen LogP contribution < -0.4 is 4.74 Å². The molecule has 170 valence electrons. The lowest BCUT2D eigenvalue weighted by Gasteiger charge is -2.26. The topological polar surface area (TPSA) is 35.5 Å². The minimum atomic E-state index is -4.76. The molecule has 0 bridgehead atoms. The van der Waals surface area contributed by atoms with Gasteiger partial charge in [0, 0.05) is 27.5 Å². The van der Waals surface area contributed by atoms with E-state index in [0.717, 1.165) is 4.90 Å². The number of esters is 1. The van der Waals surface area contributed by atoms with Crippen molar-refractivity contribution in [2.75, 3.05) is 0 Å². The summed E-state index contributed by atoms with van der Waals surface area (Å²) in [6.45, 7) is 5.46. The molecule has 0 amide bonds. The molecule has 0 N–H and O–H groups in total. The first-order valence-electron chi connectivity index (χ1n) is 10.2. The lowest BCUT2D eigenvalue weighted by atomic mass is 9.98. The molecule has 0 aliphatic rings. The second kappa shape index (κ2) is 8.56. The summed E-state index contributed by atoms with van der Waals surface area (Å²) in [5.74, 6) is -0.837. The summed E-state index contributed by atoms with van der Waals surface area (Å²) in [4.78, 5) is 14.0. The monoisotopic (exact) mass is 471 g/mol. The predicted octanol–water partition coefficient (Wildman–Crippen LogP) is 7.88. The maximum absolute atomic E-state index is 13.0. The standard InChI is InChI=1S/C26H22F3O3S/c1-17-16-33(23-10-5-4-9-22(17)23)21-8-6-7-18(15-21)24(30)32-25(2,3)19-11-13-20(14-12-19)31-26(27,28)29/h4-16H,1-3H3/q+1. The largest absolute Gasteiger partial charge is 0.573 e. The molecule has 33 heavy (non-hydrogen) atoms. The van der Waals surface area contributed by atoms with E-state index >= 15 is 0 Å². The van der Waals surface area contributed by atoms with E-state index in [2.05, 4.69) is 29.2 Å². The van der Waals surface area contributed by atoms with Crippen LogP contribution in [0.5, 0.6) is 5.75 Å². The number of hydrogen-bond donors (Lipinski definition) is 0. The summed E-state index contributed by atoms with van der Waals surface area (Å²) in [5, 5.41) is 3.43. The summed E-state index contributed by atoms with van der Waals surface area (Å²) < 4.78 is 48.0. The number of thiophene rings is 1. The summed E-state index contributed by atoms with van der Waals surface area (Å²) in [7, 11) is -0.268. The number of rotatable bonds is 5. The Balaban J connectivity index is 1.56. The Morgan fingerprint density at radius 3 is 2.30 bits per heavy atom. The number of benzene rings is 3. The summed E-state index contributed by atoms with van der Waals surface area (Å²) in [6.07, 6.45) is -4.76. The normalized spacial score (nSPS) is 12.6. The van der Waals surface area contributed by atoms with Crippen molar-refractivity contribution in [2.45, 2.75) is 32.7 Å². The Morgan fingerprint density at radius 2 is 1.61 bits per heavy atom. The van der Waals surface area contributed by atoms with E-state index in [1.807, 2.05) is 30.3 Å². The molecule has 0 aliphatic heterocycles. The van der Waals surface area contributed by atoms with Gasteiger partial charge in [0.15, 0.2) is 9.60 Å². The van der Waals surface area contributed by atoms with Gasteiger partial charge >= 0.3 is 12.3 Å². The number of halogens is 3. The molecule has 0 saturated heterocycles. The van der Waals surface area contributed by atoms with E-state index < -0.39 is 17.9 Å². The van der Waals surface area contributed by atoms with Crippen LogP contribution in [0.2, 0.25) is 0 Å². The molecule has 3 aromatic carbocycles. The number of carbonyl (C=O) groups is 1. The number of ether oxygens (including phenoxy) is 2. The molecule has 1 atom stereocenters. The van der Waals surface area contributed by atoms with Crippen LogP contribution in [-0.2, 0) is 10.3 Å². The Labute approximate surface area is 192 Å². The lowest BCUT2D eigenvalue weighted by molar-refractivity contribution is -0.274. The number of fused-ring (bicyclic) bond motifs is 1. The fourth-order valence-electron chi connectivity index (χ4n) is 3.65. The second-order valence-electron chi connectivity index (χ2n) is 8.13. The maximum atomic E-state index is 13.0. The average molecular weight is 472 g/mol. The molecule has 0 fully saturated rings. The van der Waals surface area contributed by atoms with Crippen LogP contribution in [0.15, 0.2) is 78.2 Å². The van der Waals surface area contributed by atoms with Crippen LogP contribution >= 0.6 is 10.5 Å². The van der Waals surface area contributed by atoms with E-state index in [4.69, 9.17) is 4.74 Å². The Hall–Kier alpha value is -3.32. The molecule has 1 aromatic heterocycles. The third kappa shape index (κ3) is 5.03. The van der Waals surface area contributed by atoms with E-state index in [1.165, 1.54) is 39.9 Å². The van der Waals surface area contributed by atoms with Crippen molar-refractivity contribution in [3.63, 3.8) is 0 Å². The molecule has 0 aliphatic carbocycles. The average Bonchev–Trinajstić information content (AvgIpc) is 3.10. The van der Waals surface area contributed by atoms with Gasteiger partial charge in [0.25, 0.3) is 0 Å². The molecule has 1 heterocycles. The molecule has 0 spiro atoms. The van der Waals surface area contributed by atoms with Crippen molar-refractivity contribution in [3.05, 3.63) is 94.9 Å². The molecule has 4 rings (SSSR count). The van der Waals surface area contributed by atoms with Gasteiger partial charge in [0.05, 0.1) is 5.56 Å². The Bertz CT molecular complexity index is 1300. The zero-order valence-corrected chi connectivity index (χ0v) is 19.1. The van der Waals surface area contributed by atoms with Crippen LogP contribution in [0.25, 0.3) is 15.0 Å². The SMILES string of the molecule is Cc1c[s+](-c2cccc(C(=O)OC(C)(C)c3ccc(OC(F)(F)F)cc3)c2)c2ccccc12. The molecule has 3 nitrogen and oxygen atoms in total. The van der Waals surface area contributed by atoms with E-state index in [-0.39, 0.29) is 16.2 Å². The maximum Gasteiger partial charge on any atom is 0.573 e. The number of hydrogen-bond acceptors (Lipinski definition) is 3. The van der Waals surface area contributed by atoms with Gasteiger partial charge in [-0.2, -0.15) is 0 Å². The number of aryl methyl sites for hydroxylation is 1. The van der Waals surface area contributed by atoms with Gasteiger partial charge in [-0.3, -0.25) is 0 Å². The summed E-state index contributed by atoms with van der Waals surface area (Å²) >= 11 is 0. The van der Waals surface area contributed by atoms with Gasteiger partial charge in [-0.05, 0) is 62.7 Å². The molecular formula is C26H22F3O3S+. The third-order valence-corrected chi connectivity index (χ3v) is 7.48. The molecule has 1 unspecified atom stereocenters. The highest BCUT2D eigenvalue weighted by Crippen LogP contribution is 2.42. The Kier molecular flexibility index (Phi) is 5.93. The van der Waals surface area contributed by atoms with Crippen molar-refractivity contribution in [3.8, 4) is 10.6 Å². The molecular weight excluding hydrogens is 449 g/mol. The van der Waals surface area contributed by atoms with Gasteiger partial charge in [-0.25, -0.2) is 4.79 Å². The van der Waals surface area contributed by atoms with E-state index in [0.29, 0.717) is 11.1 Å².